The van der Waals surface area contributed by atoms with Crippen LogP contribution in [0.5, 0.6) is 17.2 Å². The minimum absolute atomic E-state index is 0.0166. The Bertz CT molecular complexity index is 898. The molecule has 9 heteroatoms. The van der Waals surface area contributed by atoms with Crippen LogP contribution in [0.4, 0.5) is 0 Å². The first-order valence-electron chi connectivity index (χ1n) is 8.02. The lowest BCUT2D eigenvalue weighted by molar-refractivity contribution is -0.230. The van der Waals surface area contributed by atoms with E-state index in [9.17, 15) is 10.5 Å². The van der Waals surface area contributed by atoms with Gasteiger partial charge in [-0.1, -0.05) is 6.07 Å². The standard InChI is InChI=1S/C18H20N4O5/c1-23-11-7-6-10(12(24-2)13(11)25-3)14-16(8-19)15(21)22-18(26-4,27-5)17(14,16)9-20/h6-7,14H,1-5H3,(H2,21,22)/t14-,16-,17+/m1/s1. The molecule has 1 aliphatic heterocycles. The topological polar surface area (TPSA) is 132 Å². The van der Waals surface area contributed by atoms with E-state index in [1.807, 2.05) is 0 Å². The van der Waals surface area contributed by atoms with Gasteiger partial charge in [-0.05, 0) is 6.07 Å². The molecule has 3 rings (SSSR count). The molecule has 2 aliphatic rings. The molecule has 0 bridgehead atoms. The minimum Gasteiger partial charge on any atom is -0.493 e. The third-order valence-corrected chi connectivity index (χ3v) is 5.53. The number of fused-ring (bicyclic) bond motifs is 1. The van der Waals surface area contributed by atoms with Crippen molar-refractivity contribution in [2.24, 2.45) is 21.6 Å². The SMILES string of the molecule is COc1ccc([C@@H]2[C@]3(C#N)C(N)=NC(OC)(OC)[C@@]23C#N)c(OC)c1OC. The number of nitrogens with zero attached hydrogens (tertiary/aromatic N) is 3. The molecule has 0 aromatic heterocycles. The van der Waals surface area contributed by atoms with Crippen LogP contribution in [0.1, 0.15) is 11.5 Å². The zero-order valence-electron chi connectivity index (χ0n) is 15.7. The summed E-state index contributed by atoms with van der Waals surface area (Å²) in [7, 11) is 7.15. The summed E-state index contributed by atoms with van der Waals surface area (Å²) < 4.78 is 27.2. The number of rotatable bonds is 6. The second-order valence-electron chi connectivity index (χ2n) is 6.18. The molecule has 0 amide bonds. The molecule has 0 saturated heterocycles. The van der Waals surface area contributed by atoms with Gasteiger partial charge in [-0.15, -0.1) is 0 Å². The van der Waals surface area contributed by atoms with Gasteiger partial charge in [-0.3, -0.25) is 0 Å². The normalized spacial score (nSPS) is 29.7. The summed E-state index contributed by atoms with van der Waals surface area (Å²) in [5.74, 6) is -1.28. The maximum atomic E-state index is 10.1. The predicted molar refractivity (Wildman–Crippen MR) is 93.3 cm³/mol. The molecule has 1 aromatic carbocycles. The van der Waals surface area contributed by atoms with E-state index in [0.717, 1.165) is 0 Å². The molecule has 27 heavy (non-hydrogen) atoms. The van der Waals surface area contributed by atoms with Crippen LogP contribution in [0.3, 0.4) is 0 Å². The monoisotopic (exact) mass is 372 g/mol. The van der Waals surface area contributed by atoms with Gasteiger partial charge in [0.15, 0.2) is 16.9 Å². The molecule has 1 fully saturated rings. The van der Waals surface area contributed by atoms with E-state index in [4.69, 9.17) is 29.4 Å². The summed E-state index contributed by atoms with van der Waals surface area (Å²) in [4.78, 5) is 4.19. The summed E-state index contributed by atoms with van der Waals surface area (Å²) in [5, 5.41) is 20.1. The predicted octanol–water partition coefficient (Wildman–Crippen LogP) is 1.15. The Morgan fingerprint density at radius 1 is 0.963 bits per heavy atom. The van der Waals surface area contributed by atoms with Crippen molar-refractivity contribution in [2.45, 2.75) is 11.8 Å². The third-order valence-electron chi connectivity index (χ3n) is 5.53. The molecule has 0 unspecified atom stereocenters. The van der Waals surface area contributed by atoms with E-state index >= 15 is 0 Å². The number of nitriles is 2. The Morgan fingerprint density at radius 3 is 2.04 bits per heavy atom. The Labute approximate surface area is 156 Å². The van der Waals surface area contributed by atoms with Gasteiger partial charge >= 0.3 is 0 Å². The fraction of sp³-hybridized carbons (Fsp3) is 0.500. The maximum absolute atomic E-state index is 10.1. The first-order valence-corrected chi connectivity index (χ1v) is 8.02. The van der Waals surface area contributed by atoms with Crippen molar-refractivity contribution in [3.05, 3.63) is 17.7 Å². The number of hydrogen-bond donors (Lipinski definition) is 1. The lowest BCUT2D eigenvalue weighted by Gasteiger charge is -2.29. The van der Waals surface area contributed by atoms with Crippen molar-refractivity contribution < 1.29 is 23.7 Å². The third kappa shape index (κ3) is 1.80. The van der Waals surface area contributed by atoms with Gasteiger partial charge in [-0.25, -0.2) is 4.99 Å². The van der Waals surface area contributed by atoms with Gasteiger partial charge in [0.25, 0.3) is 5.91 Å². The van der Waals surface area contributed by atoms with Crippen molar-refractivity contribution in [3.8, 4) is 29.4 Å². The molecule has 2 N–H and O–H groups in total. The number of nitrogens with two attached hydrogens (primary N) is 1. The molecular weight excluding hydrogens is 352 g/mol. The summed E-state index contributed by atoms with van der Waals surface area (Å²) in [6.45, 7) is 0. The van der Waals surface area contributed by atoms with Crippen LogP contribution < -0.4 is 19.9 Å². The van der Waals surface area contributed by atoms with E-state index < -0.39 is 22.7 Å². The van der Waals surface area contributed by atoms with Crippen molar-refractivity contribution in [1.82, 2.24) is 0 Å². The second kappa shape index (κ2) is 6.02. The van der Waals surface area contributed by atoms with Crippen LogP contribution in [0, 0.1) is 33.5 Å². The highest BCUT2D eigenvalue weighted by Crippen LogP contribution is 2.82. The number of amidine groups is 1. The lowest BCUT2D eigenvalue weighted by Crippen LogP contribution is -2.41. The zero-order valence-corrected chi connectivity index (χ0v) is 15.7. The molecule has 1 aliphatic carbocycles. The molecule has 1 aromatic rings. The average molecular weight is 372 g/mol. The quantitative estimate of drug-likeness (QED) is 0.735. The first-order chi connectivity index (χ1) is 12.9. The van der Waals surface area contributed by atoms with Crippen molar-refractivity contribution in [1.29, 1.82) is 10.5 Å². The molecule has 1 heterocycles. The number of methoxy groups -OCH3 is 5. The molecule has 0 radical (unpaired) electrons. The Hall–Kier alpha value is -3.01. The Balaban J connectivity index is 2.31. The Kier molecular flexibility index (Phi) is 4.18. The van der Waals surface area contributed by atoms with E-state index in [0.29, 0.717) is 22.8 Å². The average Bonchev–Trinajstić information content (AvgIpc) is 3.28. The van der Waals surface area contributed by atoms with Crippen LogP contribution in [0.2, 0.25) is 0 Å². The fourth-order valence-corrected chi connectivity index (χ4v) is 4.34. The van der Waals surface area contributed by atoms with Gasteiger partial charge in [0.2, 0.25) is 5.75 Å². The highest BCUT2D eigenvalue weighted by Gasteiger charge is 2.94. The maximum Gasteiger partial charge on any atom is 0.292 e. The lowest BCUT2D eigenvalue weighted by atomic mass is 9.93. The van der Waals surface area contributed by atoms with Gasteiger partial charge in [-0.2, -0.15) is 10.5 Å². The number of ether oxygens (including phenoxy) is 5. The summed E-state index contributed by atoms with van der Waals surface area (Å²) in [5.41, 5.74) is 3.78. The second-order valence-corrected chi connectivity index (χ2v) is 6.18. The van der Waals surface area contributed by atoms with Crippen molar-refractivity contribution in [3.63, 3.8) is 0 Å². The molecule has 142 valence electrons. The van der Waals surface area contributed by atoms with Crippen LogP contribution >= 0.6 is 0 Å². The highest BCUT2D eigenvalue weighted by atomic mass is 16.7. The highest BCUT2D eigenvalue weighted by molar-refractivity contribution is 6.00. The van der Waals surface area contributed by atoms with E-state index in [-0.39, 0.29) is 5.84 Å². The van der Waals surface area contributed by atoms with Gasteiger partial charge in [0, 0.05) is 25.7 Å². The summed E-state index contributed by atoms with van der Waals surface area (Å²) in [6.07, 6.45) is 0. The van der Waals surface area contributed by atoms with E-state index in [1.165, 1.54) is 35.5 Å². The van der Waals surface area contributed by atoms with Crippen molar-refractivity contribution >= 4 is 5.84 Å². The largest absolute Gasteiger partial charge is 0.493 e. The van der Waals surface area contributed by atoms with Gasteiger partial charge < -0.3 is 29.4 Å². The van der Waals surface area contributed by atoms with Crippen LogP contribution in [-0.4, -0.2) is 47.3 Å². The fourth-order valence-electron chi connectivity index (χ4n) is 4.34. The van der Waals surface area contributed by atoms with Crippen molar-refractivity contribution in [2.75, 3.05) is 35.5 Å². The number of hydrogen-bond acceptors (Lipinski definition) is 9. The molecule has 9 nitrogen and oxygen atoms in total. The van der Waals surface area contributed by atoms with E-state index in [2.05, 4.69) is 17.1 Å². The minimum atomic E-state index is -1.70. The van der Waals surface area contributed by atoms with Crippen LogP contribution in [-0.2, 0) is 9.47 Å². The smallest absolute Gasteiger partial charge is 0.292 e. The summed E-state index contributed by atoms with van der Waals surface area (Å²) >= 11 is 0. The van der Waals surface area contributed by atoms with Gasteiger partial charge in [0.1, 0.15) is 11.3 Å². The Morgan fingerprint density at radius 2 is 1.59 bits per heavy atom. The first kappa shape index (κ1) is 18.8. The molecular formula is C18H20N4O5. The molecule has 1 saturated carbocycles. The number of aliphatic imine (C=N–C) groups is 1. The summed E-state index contributed by atoms with van der Waals surface area (Å²) in [6, 6.07) is 7.77. The zero-order chi connectivity index (χ0) is 20.0. The molecule has 0 spiro atoms. The number of benzene rings is 1. The van der Waals surface area contributed by atoms with Crippen LogP contribution in [0.15, 0.2) is 17.1 Å². The molecule has 3 atom stereocenters. The van der Waals surface area contributed by atoms with E-state index in [1.54, 1.807) is 12.1 Å². The van der Waals surface area contributed by atoms with Crippen LogP contribution in [0.25, 0.3) is 0 Å². The van der Waals surface area contributed by atoms with Gasteiger partial charge in [0.05, 0.1) is 33.5 Å².